The molecular formula is C24H27ClN4O4S. The highest BCUT2D eigenvalue weighted by atomic mass is 35.5. The SMILES string of the molecule is O=C(NCC1CN(c2ccc(N3CCCCC3)c(NC(=O)C3CC3)c2)C(=O)O1)c1ccc(Cl)s1. The van der Waals surface area contributed by atoms with E-state index in [0.29, 0.717) is 21.4 Å². The predicted molar refractivity (Wildman–Crippen MR) is 133 cm³/mol. The van der Waals surface area contributed by atoms with E-state index in [4.69, 9.17) is 16.3 Å². The molecule has 0 bridgehead atoms. The van der Waals surface area contributed by atoms with Crippen molar-refractivity contribution in [1.82, 2.24) is 5.32 Å². The topological polar surface area (TPSA) is 91.0 Å². The molecule has 2 N–H and O–H groups in total. The lowest BCUT2D eigenvalue weighted by molar-refractivity contribution is -0.117. The Kier molecular flexibility index (Phi) is 6.65. The summed E-state index contributed by atoms with van der Waals surface area (Å²) in [6.45, 7) is 2.42. The molecule has 10 heteroatoms. The molecule has 1 aliphatic carbocycles. The second-order valence-corrected chi connectivity index (χ2v) is 10.7. The molecule has 3 aliphatic rings. The van der Waals surface area contributed by atoms with Crippen molar-refractivity contribution in [2.24, 2.45) is 5.92 Å². The summed E-state index contributed by atoms with van der Waals surface area (Å²) in [4.78, 5) is 41.8. The molecule has 1 atom stereocenters. The molecule has 2 aromatic rings. The van der Waals surface area contributed by atoms with Crippen LogP contribution in [0, 0.1) is 5.92 Å². The van der Waals surface area contributed by atoms with Gasteiger partial charge in [0.05, 0.1) is 33.7 Å². The molecule has 1 aromatic carbocycles. The summed E-state index contributed by atoms with van der Waals surface area (Å²) in [5.74, 6) is -0.128. The zero-order chi connectivity index (χ0) is 23.7. The van der Waals surface area contributed by atoms with Crippen molar-refractivity contribution in [3.05, 3.63) is 39.5 Å². The van der Waals surface area contributed by atoms with Gasteiger partial charge in [-0.1, -0.05) is 11.6 Å². The summed E-state index contributed by atoms with van der Waals surface area (Å²) < 4.78 is 6.03. The fourth-order valence-corrected chi connectivity index (χ4v) is 5.31. The number of nitrogens with zero attached hydrogens (tertiary/aromatic N) is 2. The number of halogens is 1. The lowest BCUT2D eigenvalue weighted by atomic mass is 10.1. The van der Waals surface area contributed by atoms with Gasteiger partial charge in [0.2, 0.25) is 5.91 Å². The fourth-order valence-electron chi connectivity index (χ4n) is 4.35. The molecule has 2 aliphatic heterocycles. The number of amides is 3. The number of nitrogens with one attached hydrogen (secondary N) is 2. The van der Waals surface area contributed by atoms with Crippen LogP contribution in [0.25, 0.3) is 0 Å². The first-order valence-electron chi connectivity index (χ1n) is 11.7. The Bertz CT molecular complexity index is 1100. The Morgan fingerprint density at radius 3 is 2.62 bits per heavy atom. The number of anilines is 3. The number of cyclic esters (lactones) is 1. The lowest BCUT2D eigenvalue weighted by Gasteiger charge is -2.31. The van der Waals surface area contributed by atoms with Crippen molar-refractivity contribution in [2.75, 3.05) is 41.3 Å². The van der Waals surface area contributed by atoms with Crippen LogP contribution in [0.3, 0.4) is 0 Å². The molecule has 3 amide bonds. The van der Waals surface area contributed by atoms with Gasteiger partial charge in [-0.2, -0.15) is 0 Å². The van der Waals surface area contributed by atoms with Gasteiger partial charge < -0.3 is 20.3 Å². The summed E-state index contributed by atoms with van der Waals surface area (Å²) in [6.07, 6.45) is 4.38. The highest BCUT2D eigenvalue weighted by molar-refractivity contribution is 7.18. The first kappa shape index (κ1) is 23.0. The molecule has 1 aromatic heterocycles. The van der Waals surface area contributed by atoms with Gasteiger partial charge in [-0.3, -0.25) is 14.5 Å². The number of hydrogen-bond donors (Lipinski definition) is 2. The Balaban J connectivity index is 1.28. The molecule has 180 valence electrons. The maximum atomic E-state index is 12.6. The normalized spacial score (nSPS) is 20.3. The molecule has 1 unspecified atom stereocenters. The van der Waals surface area contributed by atoms with Crippen LogP contribution >= 0.6 is 22.9 Å². The third kappa shape index (κ3) is 5.15. The molecule has 0 spiro atoms. The van der Waals surface area contributed by atoms with Crippen molar-refractivity contribution in [1.29, 1.82) is 0 Å². The fraction of sp³-hybridized carbons (Fsp3) is 0.458. The molecule has 3 fully saturated rings. The van der Waals surface area contributed by atoms with E-state index in [-0.39, 0.29) is 24.3 Å². The van der Waals surface area contributed by atoms with Gasteiger partial charge in [-0.15, -0.1) is 11.3 Å². The standard InChI is InChI=1S/C24H27ClN4O4S/c25-21-9-8-20(34-21)23(31)26-13-17-14-29(24(32)33-17)16-6-7-19(28-10-2-1-3-11-28)18(12-16)27-22(30)15-4-5-15/h6-9,12,15,17H,1-5,10-11,13-14H2,(H,26,31)(H,27,30). The smallest absolute Gasteiger partial charge is 0.414 e. The van der Waals surface area contributed by atoms with Gasteiger partial charge >= 0.3 is 6.09 Å². The number of thiophene rings is 1. The van der Waals surface area contributed by atoms with Crippen LogP contribution < -0.4 is 20.4 Å². The highest BCUT2D eigenvalue weighted by Crippen LogP contribution is 2.36. The van der Waals surface area contributed by atoms with E-state index in [1.54, 1.807) is 17.0 Å². The van der Waals surface area contributed by atoms with Gasteiger partial charge in [-0.25, -0.2) is 4.79 Å². The number of hydrogen-bond acceptors (Lipinski definition) is 6. The minimum absolute atomic E-state index is 0.0358. The minimum atomic E-state index is -0.474. The summed E-state index contributed by atoms with van der Waals surface area (Å²) in [5, 5.41) is 5.89. The second kappa shape index (κ2) is 9.84. The van der Waals surface area contributed by atoms with Crippen LogP contribution in [0.4, 0.5) is 21.9 Å². The van der Waals surface area contributed by atoms with Crippen molar-refractivity contribution in [3.63, 3.8) is 0 Å². The zero-order valence-corrected chi connectivity index (χ0v) is 20.3. The van der Waals surface area contributed by atoms with Gasteiger partial charge in [0, 0.05) is 24.7 Å². The summed E-state index contributed by atoms with van der Waals surface area (Å²) in [7, 11) is 0. The first-order chi connectivity index (χ1) is 16.5. The van der Waals surface area contributed by atoms with Crippen LogP contribution in [0.5, 0.6) is 0 Å². The zero-order valence-electron chi connectivity index (χ0n) is 18.7. The second-order valence-electron chi connectivity index (χ2n) is 8.94. The third-order valence-corrected chi connectivity index (χ3v) is 7.59. The maximum Gasteiger partial charge on any atom is 0.414 e. The van der Waals surface area contributed by atoms with Crippen LogP contribution in [-0.4, -0.2) is 50.2 Å². The van der Waals surface area contributed by atoms with E-state index >= 15 is 0 Å². The Labute approximate surface area is 207 Å². The Hall–Kier alpha value is -2.78. The Morgan fingerprint density at radius 2 is 1.91 bits per heavy atom. The van der Waals surface area contributed by atoms with E-state index in [1.165, 1.54) is 17.8 Å². The summed E-state index contributed by atoms with van der Waals surface area (Å²) in [6, 6.07) is 9.07. The number of ether oxygens (including phenoxy) is 1. The number of carbonyl (C=O) groups is 3. The van der Waals surface area contributed by atoms with E-state index < -0.39 is 12.2 Å². The summed E-state index contributed by atoms with van der Waals surface area (Å²) in [5.41, 5.74) is 2.38. The van der Waals surface area contributed by atoms with E-state index in [0.717, 1.165) is 50.1 Å². The predicted octanol–water partition coefficient (Wildman–Crippen LogP) is 4.50. The van der Waals surface area contributed by atoms with Gasteiger partial charge in [0.1, 0.15) is 6.10 Å². The largest absolute Gasteiger partial charge is 0.442 e. The van der Waals surface area contributed by atoms with Crippen molar-refractivity contribution < 1.29 is 19.1 Å². The molecule has 34 heavy (non-hydrogen) atoms. The summed E-state index contributed by atoms with van der Waals surface area (Å²) >= 11 is 7.10. The number of piperidine rings is 1. The molecular weight excluding hydrogens is 476 g/mol. The molecule has 5 rings (SSSR count). The first-order valence-corrected chi connectivity index (χ1v) is 12.9. The number of rotatable bonds is 7. The van der Waals surface area contributed by atoms with E-state index in [1.807, 2.05) is 18.2 Å². The molecule has 2 saturated heterocycles. The third-order valence-electron chi connectivity index (χ3n) is 6.36. The van der Waals surface area contributed by atoms with E-state index in [2.05, 4.69) is 15.5 Å². The monoisotopic (exact) mass is 502 g/mol. The van der Waals surface area contributed by atoms with Crippen LogP contribution in [-0.2, 0) is 9.53 Å². The maximum absolute atomic E-state index is 12.6. The average molecular weight is 503 g/mol. The average Bonchev–Trinajstić information content (AvgIpc) is 3.51. The lowest BCUT2D eigenvalue weighted by Crippen LogP contribution is -2.34. The van der Waals surface area contributed by atoms with Crippen LogP contribution in [0.15, 0.2) is 30.3 Å². The van der Waals surface area contributed by atoms with Crippen molar-refractivity contribution in [2.45, 2.75) is 38.2 Å². The highest BCUT2D eigenvalue weighted by Gasteiger charge is 2.34. The molecule has 8 nitrogen and oxygen atoms in total. The van der Waals surface area contributed by atoms with Gasteiger partial charge in [0.25, 0.3) is 5.91 Å². The van der Waals surface area contributed by atoms with Crippen LogP contribution in [0.1, 0.15) is 41.8 Å². The van der Waals surface area contributed by atoms with Gasteiger partial charge in [0.15, 0.2) is 0 Å². The van der Waals surface area contributed by atoms with Crippen molar-refractivity contribution in [3.8, 4) is 0 Å². The van der Waals surface area contributed by atoms with Gasteiger partial charge in [-0.05, 0) is 62.4 Å². The van der Waals surface area contributed by atoms with E-state index in [9.17, 15) is 14.4 Å². The number of carbonyl (C=O) groups excluding carboxylic acids is 3. The number of benzene rings is 1. The molecule has 1 saturated carbocycles. The minimum Gasteiger partial charge on any atom is -0.442 e. The quantitative estimate of drug-likeness (QED) is 0.582. The van der Waals surface area contributed by atoms with Crippen LogP contribution in [0.2, 0.25) is 4.34 Å². The van der Waals surface area contributed by atoms with Crippen molar-refractivity contribution >= 4 is 57.9 Å². The Morgan fingerprint density at radius 1 is 1.12 bits per heavy atom. The molecule has 3 heterocycles. The molecule has 0 radical (unpaired) electrons.